The summed E-state index contributed by atoms with van der Waals surface area (Å²) in [6, 6.07) is 2.81. The summed E-state index contributed by atoms with van der Waals surface area (Å²) < 4.78 is 1.97. The summed E-state index contributed by atoms with van der Waals surface area (Å²) >= 11 is 0. The van der Waals surface area contributed by atoms with Gasteiger partial charge in [0.25, 0.3) is 0 Å². The third-order valence-corrected chi connectivity index (χ3v) is 7.09. The summed E-state index contributed by atoms with van der Waals surface area (Å²) in [4.78, 5) is 31.9. The zero-order valence-electron chi connectivity index (χ0n) is 16.6. The molecule has 28 heavy (non-hydrogen) atoms. The van der Waals surface area contributed by atoms with Crippen molar-refractivity contribution in [2.24, 2.45) is 11.8 Å². The van der Waals surface area contributed by atoms with E-state index < -0.39 is 0 Å². The molecule has 3 saturated heterocycles. The molecule has 1 aliphatic carbocycles. The van der Waals surface area contributed by atoms with E-state index in [4.69, 9.17) is 0 Å². The summed E-state index contributed by atoms with van der Waals surface area (Å²) in [5.41, 5.74) is 0. The molecule has 1 aromatic rings. The normalized spacial score (nSPS) is 27.6. The van der Waals surface area contributed by atoms with Gasteiger partial charge >= 0.3 is 0 Å². The molecule has 1 atom stereocenters. The van der Waals surface area contributed by atoms with Crippen molar-refractivity contribution < 1.29 is 9.59 Å². The van der Waals surface area contributed by atoms with Gasteiger partial charge in [0.05, 0.1) is 12.0 Å². The average molecular weight is 386 g/mol. The Hall–Kier alpha value is -1.89. The number of nitrogens with zero attached hydrogens (tertiary/aromatic N) is 5. The second-order valence-corrected chi connectivity index (χ2v) is 9.05. The van der Waals surface area contributed by atoms with Gasteiger partial charge in [-0.3, -0.25) is 19.2 Å². The lowest BCUT2D eigenvalue weighted by Gasteiger charge is -2.45. The van der Waals surface area contributed by atoms with Crippen molar-refractivity contribution >= 4 is 11.8 Å². The van der Waals surface area contributed by atoms with Crippen LogP contribution in [0.1, 0.15) is 44.6 Å². The van der Waals surface area contributed by atoms with Crippen LogP contribution in [0, 0.1) is 11.8 Å². The molecule has 152 valence electrons. The largest absolute Gasteiger partial charge is 0.342 e. The van der Waals surface area contributed by atoms with Gasteiger partial charge in [-0.1, -0.05) is 0 Å². The third-order valence-electron chi connectivity index (χ3n) is 7.09. The van der Waals surface area contributed by atoms with E-state index in [1.807, 2.05) is 21.8 Å². The molecule has 7 nitrogen and oxygen atoms in total. The molecule has 2 amide bonds. The Morgan fingerprint density at radius 1 is 0.786 bits per heavy atom. The number of carbonyl (C=O) groups is 2. The first-order valence-electron chi connectivity index (χ1n) is 11.0. The smallest absolute Gasteiger partial charge is 0.227 e. The Labute approximate surface area is 166 Å². The average Bonchev–Trinajstić information content (AvgIpc) is 3.42. The monoisotopic (exact) mass is 385 g/mol. The lowest BCUT2D eigenvalue weighted by atomic mass is 9.91. The van der Waals surface area contributed by atoms with E-state index >= 15 is 0 Å². The van der Waals surface area contributed by atoms with E-state index in [0.717, 1.165) is 77.8 Å². The number of hydrogen-bond acceptors (Lipinski definition) is 4. The number of rotatable bonds is 4. The van der Waals surface area contributed by atoms with Crippen molar-refractivity contribution in [3.05, 3.63) is 18.5 Å². The topological polar surface area (TPSA) is 61.7 Å². The molecule has 7 heteroatoms. The van der Waals surface area contributed by atoms with Gasteiger partial charge in [-0.25, -0.2) is 0 Å². The minimum atomic E-state index is 0.137. The maximum Gasteiger partial charge on any atom is 0.227 e. The second kappa shape index (κ2) is 7.50. The van der Waals surface area contributed by atoms with Crippen LogP contribution in [0.15, 0.2) is 18.5 Å². The fourth-order valence-electron chi connectivity index (χ4n) is 5.14. The summed E-state index contributed by atoms with van der Waals surface area (Å²) in [6.07, 6.45) is 10.2. The van der Waals surface area contributed by atoms with E-state index in [1.165, 1.54) is 0 Å². The molecule has 3 aliphatic heterocycles. The summed E-state index contributed by atoms with van der Waals surface area (Å²) in [5, 5.41) is 4.29. The summed E-state index contributed by atoms with van der Waals surface area (Å²) in [7, 11) is 0. The Bertz CT molecular complexity index is 702. The van der Waals surface area contributed by atoms with Crippen molar-refractivity contribution in [3.8, 4) is 0 Å². The predicted molar refractivity (Wildman–Crippen MR) is 104 cm³/mol. The van der Waals surface area contributed by atoms with Crippen LogP contribution < -0.4 is 0 Å². The Morgan fingerprint density at radius 2 is 1.54 bits per heavy atom. The minimum Gasteiger partial charge on any atom is -0.342 e. The van der Waals surface area contributed by atoms with Crippen molar-refractivity contribution in [1.29, 1.82) is 0 Å². The van der Waals surface area contributed by atoms with Crippen LogP contribution in [0.3, 0.4) is 0 Å². The highest BCUT2D eigenvalue weighted by Gasteiger charge is 2.39. The standard InChI is InChI=1S/C21H31N5O2/c27-20(16-4-5-16)23-11-6-18(7-12-23)24-9-1-3-17(13-24)21(28)25-14-19(15-25)26-10-2-8-22-26/h2,8,10,16-19H,1,3-7,9,11-15H2. The molecule has 1 unspecified atom stereocenters. The van der Waals surface area contributed by atoms with E-state index in [1.54, 1.807) is 6.20 Å². The van der Waals surface area contributed by atoms with Gasteiger partial charge in [0.2, 0.25) is 11.8 Å². The molecule has 5 rings (SSSR count). The van der Waals surface area contributed by atoms with Gasteiger partial charge in [-0.15, -0.1) is 0 Å². The van der Waals surface area contributed by atoms with Crippen molar-refractivity contribution in [2.45, 2.75) is 50.6 Å². The van der Waals surface area contributed by atoms with Gasteiger partial charge in [0, 0.05) is 57.1 Å². The Kier molecular flexibility index (Phi) is 4.87. The molecular formula is C21H31N5O2. The number of hydrogen-bond donors (Lipinski definition) is 0. The van der Waals surface area contributed by atoms with Gasteiger partial charge < -0.3 is 9.80 Å². The molecule has 0 bridgehead atoms. The van der Waals surface area contributed by atoms with Gasteiger partial charge in [0.1, 0.15) is 0 Å². The molecular weight excluding hydrogens is 354 g/mol. The van der Waals surface area contributed by atoms with Crippen LogP contribution in [0.4, 0.5) is 0 Å². The van der Waals surface area contributed by atoms with Crippen LogP contribution in [-0.2, 0) is 9.59 Å². The SMILES string of the molecule is O=C(C1CC1)N1CCC(N2CCCC(C(=O)N3CC(n4cccn4)C3)C2)CC1. The van der Waals surface area contributed by atoms with Crippen molar-refractivity contribution in [1.82, 2.24) is 24.5 Å². The number of aromatic nitrogens is 2. The van der Waals surface area contributed by atoms with Gasteiger partial charge in [0.15, 0.2) is 0 Å². The molecule has 0 aromatic carbocycles. The fraction of sp³-hybridized carbons (Fsp3) is 0.762. The second-order valence-electron chi connectivity index (χ2n) is 9.05. The quantitative estimate of drug-likeness (QED) is 0.786. The van der Waals surface area contributed by atoms with E-state index in [-0.39, 0.29) is 5.92 Å². The molecule has 1 saturated carbocycles. The third kappa shape index (κ3) is 3.56. The molecule has 0 spiro atoms. The first-order valence-corrected chi connectivity index (χ1v) is 11.0. The van der Waals surface area contributed by atoms with E-state index in [2.05, 4.69) is 14.9 Å². The highest BCUT2D eigenvalue weighted by atomic mass is 16.2. The van der Waals surface area contributed by atoms with Crippen LogP contribution in [-0.4, -0.2) is 81.6 Å². The molecule has 4 fully saturated rings. The van der Waals surface area contributed by atoms with E-state index in [0.29, 0.717) is 29.8 Å². The summed E-state index contributed by atoms with van der Waals surface area (Å²) in [5.74, 6) is 1.18. The maximum absolute atomic E-state index is 13.0. The van der Waals surface area contributed by atoms with E-state index in [9.17, 15) is 9.59 Å². The lowest BCUT2D eigenvalue weighted by Crippen LogP contribution is -2.56. The Balaban J connectivity index is 1.11. The number of likely N-dealkylation sites (tertiary alicyclic amines) is 3. The van der Waals surface area contributed by atoms with Crippen molar-refractivity contribution in [3.63, 3.8) is 0 Å². The zero-order chi connectivity index (χ0) is 19.1. The Morgan fingerprint density at radius 3 is 2.21 bits per heavy atom. The zero-order valence-corrected chi connectivity index (χ0v) is 16.6. The van der Waals surface area contributed by atoms with Crippen LogP contribution >= 0.6 is 0 Å². The summed E-state index contributed by atoms with van der Waals surface area (Å²) in [6.45, 7) is 5.36. The van der Waals surface area contributed by atoms with Crippen LogP contribution in [0.25, 0.3) is 0 Å². The minimum absolute atomic E-state index is 0.137. The van der Waals surface area contributed by atoms with Crippen LogP contribution in [0.5, 0.6) is 0 Å². The fourth-order valence-corrected chi connectivity index (χ4v) is 5.14. The number of carbonyl (C=O) groups excluding carboxylic acids is 2. The van der Waals surface area contributed by atoms with Crippen molar-refractivity contribution in [2.75, 3.05) is 39.3 Å². The van der Waals surface area contributed by atoms with Gasteiger partial charge in [-0.2, -0.15) is 5.10 Å². The molecule has 1 aromatic heterocycles. The molecule has 4 aliphatic rings. The highest BCUT2D eigenvalue weighted by molar-refractivity contribution is 5.81. The first-order chi connectivity index (χ1) is 13.7. The maximum atomic E-state index is 13.0. The lowest BCUT2D eigenvalue weighted by molar-refractivity contribution is -0.144. The molecule has 0 radical (unpaired) electrons. The molecule has 0 N–H and O–H groups in total. The predicted octanol–water partition coefficient (Wildman–Crippen LogP) is 1.38. The number of piperidine rings is 2. The number of amides is 2. The van der Waals surface area contributed by atoms with Crippen LogP contribution in [0.2, 0.25) is 0 Å². The first kappa shape index (κ1) is 18.2. The molecule has 4 heterocycles. The highest BCUT2D eigenvalue weighted by Crippen LogP contribution is 2.33. The van der Waals surface area contributed by atoms with Gasteiger partial charge in [-0.05, 0) is 51.1 Å².